The molecule has 1 rings (SSSR count). The van der Waals surface area contributed by atoms with Crippen molar-refractivity contribution in [2.75, 3.05) is 6.54 Å². The van der Waals surface area contributed by atoms with E-state index in [0.717, 1.165) is 38.5 Å². The highest BCUT2D eigenvalue weighted by Crippen LogP contribution is 2.20. The molecule has 1 amide bonds. The van der Waals surface area contributed by atoms with Crippen LogP contribution in [0.1, 0.15) is 73.1 Å². The second-order valence-corrected chi connectivity index (χ2v) is 7.82. The molecule has 0 aliphatic heterocycles. The quantitative estimate of drug-likeness (QED) is 0.705. The lowest BCUT2D eigenvalue weighted by atomic mass is 9.90. The average molecular weight is 314 g/mol. The second-order valence-electron chi connectivity index (χ2n) is 7.82. The molecule has 0 heterocycles. The number of alkyl carbamates (subject to hydrolysis) is 1. The maximum atomic E-state index is 11.8. The Bertz CT molecular complexity index is 342. The van der Waals surface area contributed by atoms with E-state index in [1.165, 1.54) is 0 Å². The first-order chi connectivity index (χ1) is 10.1. The molecule has 1 fully saturated rings. The Morgan fingerprint density at radius 1 is 1.14 bits per heavy atom. The molecule has 0 bridgehead atoms. The predicted molar refractivity (Wildman–Crippen MR) is 88.9 cm³/mol. The molecule has 22 heavy (non-hydrogen) atoms. The lowest BCUT2D eigenvalue weighted by Crippen LogP contribution is -2.47. The summed E-state index contributed by atoms with van der Waals surface area (Å²) in [5.74, 6) is 0. The number of ether oxygens (including phenoxy) is 1. The van der Waals surface area contributed by atoms with E-state index in [1.807, 2.05) is 27.7 Å². The minimum atomic E-state index is -0.625. The van der Waals surface area contributed by atoms with Crippen molar-refractivity contribution in [3.05, 3.63) is 0 Å². The molecule has 0 radical (unpaired) electrons. The van der Waals surface area contributed by atoms with Crippen LogP contribution < -0.4 is 10.6 Å². The Balaban J connectivity index is 2.25. The van der Waals surface area contributed by atoms with Gasteiger partial charge in [0.05, 0.1) is 5.60 Å². The van der Waals surface area contributed by atoms with Crippen LogP contribution in [-0.4, -0.2) is 41.0 Å². The van der Waals surface area contributed by atoms with Gasteiger partial charge in [-0.3, -0.25) is 0 Å². The highest BCUT2D eigenvalue weighted by Gasteiger charge is 2.26. The maximum absolute atomic E-state index is 11.8. The standard InChI is InChI=1S/C17H34N2O3/c1-6-11-17(5,21)12-18-13-7-9-14(10-8-13)19-15(20)22-16(2,3)4/h13-14,18,21H,6-12H2,1-5H3,(H,19,20). The van der Waals surface area contributed by atoms with Crippen LogP contribution in [0.4, 0.5) is 4.79 Å². The van der Waals surface area contributed by atoms with Crippen LogP contribution in [0.5, 0.6) is 0 Å². The third-order valence-electron chi connectivity index (χ3n) is 4.01. The Hall–Kier alpha value is -0.810. The summed E-state index contributed by atoms with van der Waals surface area (Å²) < 4.78 is 5.29. The monoisotopic (exact) mass is 314 g/mol. The number of carbonyl (C=O) groups excluding carboxylic acids is 1. The number of nitrogens with one attached hydrogen (secondary N) is 2. The molecule has 0 aromatic rings. The van der Waals surface area contributed by atoms with Crippen LogP contribution in [-0.2, 0) is 4.74 Å². The summed E-state index contributed by atoms with van der Waals surface area (Å²) in [6, 6.07) is 0.629. The summed E-state index contributed by atoms with van der Waals surface area (Å²) in [7, 11) is 0. The smallest absolute Gasteiger partial charge is 0.407 e. The van der Waals surface area contributed by atoms with Crippen molar-refractivity contribution in [1.82, 2.24) is 10.6 Å². The molecule has 5 nitrogen and oxygen atoms in total. The van der Waals surface area contributed by atoms with Gasteiger partial charge in [0.2, 0.25) is 0 Å². The zero-order valence-corrected chi connectivity index (χ0v) is 14.9. The van der Waals surface area contributed by atoms with Gasteiger partial charge in [-0.05, 0) is 59.8 Å². The van der Waals surface area contributed by atoms with E-state index in [9.17, 15) is 9.90 Å². The molecule has 0 spiro atoms. The van der Waals surface area contributed by atoms with Crippen LogP contribution in [0.15, 0.2) is 0 Å². The molecule has 5 heteroatoms. The van der Waals surface area contributed by atoms with Gasteiger partial charge in [0.25, 0.3) is 0 Å². The fraction of sp³-hybridized carbons (Fsp3) is 0.941. The van der Waals surface area contributed by atoms with Crippen molar-refractivity contribution in [3.63, 3.8) is 0 Å². The van der Waals surface area contributed by atoms with Crippen LogP contribution >= 0.6 is 0 Å². The molecular formula is C17H34N2O3. The average Bonchev–Trinajstić information content (AvgIpc) is 2.35. The molecular weight excluding hydrogens is 280 g/mol. The first kappa shape index (κ1) is 19.2. The van der Waals surface area contributed by atoms with Crippen LogP contribution in [0.2, 0.25) is 0 Å². The molecule has 1 saturated carbocycles. The van der Waals surface area contributed by atoms with Gasteiger partial charge in [-0.2, -0.15) is 0 Å². The predicted octanol–water partition coefficient (Wildman–Crippen LogP) is 2.96. The van der Waals surface area contributed by atoms with Gasteiger partial charge in [0, 0.05) is 18.6 Å². The van der Waals surface area contributed by atoms with Crippen molar-refractivity contribution in [1.29, 1.82) is 0 Å². The number of hydrogen-bond donors (Lipinski definition) is 3. The van der Waals surface area contributed by atoms with Crippen molar-refractivity contribution in [3.8, 4) is 0 Å². The van der Waals surface area contributed by atoms with Crippen molar-refractivity contribution in [2.24, 2.45) is 0 Å². The van der Waals surface area contributed by atoms with Gasteiger partial charge >= 0.3 is 6.09 Å². The van der Waals surface area contributed by atoms with E-state index in [4.69, 9.17) is 4.74 Å². The molecule has 0 aromatic heterocycles. The number of amides is 1. The molecule has 130 valence electrons. The molecule has 1 aliphatic rings. The summed E-state index contributed by atoms with van der Waals surface area (Å²) in [5.41, 5.74) is -1.08. The zero-order valence-electron chi connectivity index (χ0n) is 14.9. The fourth-order valence-electron chi connectivity index (χ4n) is 2.91. The van der Waals surface area contributed by atoms with E-state index in [1.54, 1.807) is 0 Å². The van der Waals surface area contributed by atoms with Crippen LogP contribution in [0, 0.1) is 0 Å². The van der Waals surface area contributed by atoms with E-state index in [2.05, 4.69) is 17.6 Å². The first-order valence-electron chi connectivity index (χ1n) is 8.56. The van der Waals surface area contributed by atoms with Gasteiger partial charge in [0.1, 0.15) is 5.60 Å². The van der Waals surface area contributed by atoms with Crippen molar-refractivity contribution < 1.29 is 14.6 Å². The Morgan fingerprint density at radius 3 is 2.18 bits per heavy atom. The van der Waals surface area contributed by atoms with Crippen molar-refractivity contribution >= 4 is 6.09 Å². The van der Waals surface area contributed by atoms with Gasteiger partial charge in [-0.15, -0.1) is 0 Å². The summed E-state index contributed by atoms with van der Waals surface area (Å²) in [6.45, 7) is 10.2. The topological polar surface area (TPSA) is 70.6 Å². The second kappa shape index (κ2) is 8.16. The lowest BCUT2D eigenvalue weighted by molar-refractivity contribution is 0.0438. The summed E-state index contributed by atoms with van der Waals surface area (Å²) >= 11 is 0. The maximum Gasteiger partial charge on any atom is 0.407 e. The molecule has 0 aromatic carbocycles. The highest BCUT2D eigenvalue weighted by atomic mass is 16.6. The van der Waals surface area contributed by atoms with E-state index >= 15 is 0 Å². The highest BCUT2D eigenvalue weighted by molar-refractivity contribution is 5.68. The summed E-state index contributed by atoms with van der Waals surface area (Å²) in [4.78, 5) is 11.8. The number of carbonyl (C=O) groups is 1. The van der Waals surface area contributed by atoms with E-state index in [-0.39, 0.29) is 12.1 Å². The lowest BCUT2D eigenvalue weighted by Gasteiger charge is -2.32. The van der Waals surface area contributed by atoms with Gasteiger partial charge in [0.15, 0.2) is 0 Å². The van der Waals surface area contributed by atoms with Crippen molar-refractivity contribution in [2.45, 2.75) is 96.4 Å². The number of aliphatic hydroxyl groups is 1. The van der Waals surface area contributed by atoms with Gasteiger partial charge < -0.3 is 20.5 Å². The van der Waals surface area contributed by atoms with Crippen LogP contribution in [0.25, 0.3) is 0 Å². The molecule has 1 atom stereocenters. The van der Waals surface area contributed by atoms with E-state index < -0.39 is 11.2 Å². The fourth-order valence-corrected chi connectivity index (χ4v) is 2.91. The molecule has 1 aliphatic carbocycles. The number of hydrogen-bond acceptors (Lipinski definition) is 4. The van der Waals surface area contributed by atoms with E-state index in [0.29, 0.717) is 12.6 Å². The largest absolute Gasteiger partial charge is 0.444 e. The minimum Gasteiger partial charge on any atom is -0.444 e. The van der Waals surface area contributed by atoms with Crippen LogP contribution in [0.3, 0.4) is 0 Å². The third-order valence-corrected chi connectivity index (χ3v) is 4.01. The van der Waals surface area contributed by atoms with Gasteiger partial charge in [-0.25, -0.2) is 4.79 Å². The van der Waals surface area contributed by atoms with Gasteiger partial charge in [-0.1, -0.05) is 13.3 Å². The minimum absolute atomic E-state index is 0.198. The zero-order chi connectivity index (χ0) is 16.8. The SMILES string of the molecule is CCCC(C)(O)CNC1CCC(NC(=O)OC(C)(C)C)CC1. The Morgan fingerprint density at radius 2 is 1.68 bits per heavy atom. The molecule has 1 unspecified atom stereocenters. The Kier molecular flexibility index (Phi) is 7.13. The Labute approximate surface area is 135 Å². The molecule has 3 N–H and O–H groups in total. The number of rotatable bonds is 6. The first-order valence-corrected chi connectivity index (χ1v) is 8.56. The summed E-state index contributed by atoms with van der Waals surface area (Å²) in [5, 5.41) is 16.6. The molecule has 0 saturated heterocycles. The summed E-state index contributed by atoms with van der Waals surface area (Å²) in [6.07, 6.45) is 5.41. The third kappa shape index (κ3) is 7.99. The normalized spacial score (nSPS) is 25.4.